The molecule has 1 aliphatic carbocycles. The average molecular weight is 190 g/mol. The van der Waals surface area contributed by atoms with Crippen LogP contribution in [0.2, 0.25) is 0 Å². The average Bonchev–Trinajstić information content (AvgIpc) is 2.67. The highest BCUT2D eigenvalue weighted by atomic mass is 35.5. The number of hydrogen-bond acceptors (Lipinski definition) is 2. The van der Waals surface area contributed by atoms with Crippen molar-refractivity contribution in [3.05, 3.63) is 0 Å². The van der Waals surface area contributed by atoms with E-state index in [1.807, 2.05) is 0 Å². The molecule has 0 bridgehead atoms. The second-order valence-corrected chi connectivity index (χ2v) is 4.51. The third kappa shape index (κ3) is 1.36. The van der Waals surface area contributed by atoms with Gasteiger partial charge in [-0.1, -0.05) is 0 Å². The molecule has 2 nitrogen and oxygen atoms in total. The fourth-order valence-electron chi connectivity index (χ4n) is 2.08. The van der Waals surface area contributed by atoms with Gasteiger partial charge in [-0.2, -0.15) is 0 Å². The highest BCUT2D eigenvalue weighted by Gasteiger charge is 2.53. The van der Waals surface area contributed by atoms with Gasteiger partial charge in [-0.3, -0.25) is 4.90 Å². The molecule has 3 unspecified atom stereocenters. The van der Waals surface area contributed by atoms with Crippen molar-refractivity contribution in [1.29, 1.82) is 0 Å². The molecule has 0 aromatic heterocycles. The van der Waals surface area contributed by atoms with Gasteiger partial charge < -0.3 is 4.74 Å². The fourth-order valence-corrected chi connectivity index (χ4v) is 2.54. The summed E-state index contributed by atoms with van der Waals surface area (Å²) in [7, 11) is 0. The van der Waals surface area contributed by atoms with Crippen LogP contribution in [0.15, 0.2) is 0 Å². The number of halogens is 1. The highest BCUT2D eigenvalue weighted by molar-refractivity contribution is 6.23. The minimum atomic E-state index is 0.340. The van der Waals surface area contributed by atoms with Gasteiger partial charge >= 0.3 is 0 Å². The number of hydrogen-bond donors (Lipinski definition) is 0. The summed E-state index contributed by atoms with van der Waals surface area (Å²) in [4.78, 5) is 2.47. The van der Waals surface area contributed by atoms with Crippen molar-refractivity contribution >= 4 is 11.6 Å². The van der Waals surface area contributed by atoms with Gasteiger partial charge in [-0.25, -0.2) is 0 Å². The van der Waals surface area contributed by atoms with Crippen molar-refractivity contribution < 1.29 is 4.74 Å². The fraction of sp³-hybridized carbons (Fsp3) is 1.00. The predicted molar refractivity (Wildman–Crippen MR) is 49.6 cm³/mol. The second kappa shape index (κ2) is 3.17. The first-order valence-electron chi connectivity index (χ1n) is 4.69. The SMILES string of the molecule is CC(C)N1CCOCC2C(Cl)C21. The molecular formula is C9H16ClNO. The zero-order chi connectivity index (χ0) is 8.72. The van der Waals surface area contributed by atoms with Gasteiger partial charge in [0.15, 0.2) is 0 Å². The van der Waals surface area contributed by atoms with Gasteiger partial charge in [-0.15, -0.1) is 11.6 Å². The largest absolute Gasteiger partial charge is 0.380 e. The summed E-state index contributed by atoms with van der Waals surface area (Å²) in [6.45, 7) is 7.23. The maximum Gasteiger partial charge on any atom is 0.0593 e. The monoisotopic (exact) mass is 189 g/mol. The Morgan fingerprint density at radius 2 is 2.25 bits per heavy atom. The van der Waals surface area contributed by atoms with Crippen LogP contribution in [0.1, 0.15) is 13.8 Å². The Morgan fingerprint density at radius 1 is 1.50 bits per heavy atom. The van der Waals surface area contributed by atoms with Crippen molar-refractivity contribution in [3.8, 4) is 0 Å². The number of rotatable bonds is 1. The molecule has 1 saturated heterocycles. The van der Waals surface area contributed by atoms with Crippen LogP contribution in [0.4, 0.5) is 0 Å². The maximum absolute atomic E-state index is 6.15. The summed E-state index contributed by atoms with van der Waals surface area (Å²) in [5.74, 6) is 0.594. The van der Waals surface area contributed by atoms with Crippen LogP contribution in [0.5, 0.6) is 0 Å². The molecule has 0 spiro atoms. The lowest BCUT2D eigenvalue weighted by atomic mass is 10.3. The van der Waals surface area contributed by atoms with Gasteiger partial charge in [0.1, 0.15) is 0 Å². The van der Waals surface area contributed by atoms with Crippen molar-refractivity contribution in [2.45, 2.75) is 31.3 Å². The topological polar surface area (TPSA) is 12.5 Å². The van der Waals surface area contributed by atoms with E-state index in [2.05, 4.69) is 18.7 Å². The molecule has 1 heterocycles. The third-order valence-corrected chi connectivity index (χ3v) is 3.47. The van der Waals surface area contributed by atoms with Crippen molar-refractivity contribution in [1.82, 2.24) is 4.90 Å². The normalized spacial score (nSPS) is 42.5. The summed E-state index contributed by atoms with van der Waals surface area (Å²) < 4.78 is 5.47. The summed E-state index contributed by atoms with van der Waals surface area (Å²) in [6.07, 6.45) is 0. The Labute approximate surface area is 78.8 Å². The number of fused-ring (bicyclic) bond motifs is 1. The molecule has 0 N–H and O–H groups in total. The minimum absolute atomic E-state index is 0.340. The zero-order valence-corrected chi connectivity index (χ0v) is 8.42. The molecule has 1 aliphatic heterocycles. The number of ether oxygens (including phenoxy) is 1. The molecule has 1 saturated carbocycles. The molecule has 2 fully saturated rings. The molecule has 0 aromatic carbocycles. The molecule has 2 rings (SSSR count). The van der Waals surface area contributed by atoms with Crippen LogP contribution in [0, 0.1) is 5.92 Å². The lowest BCUT2D eigenvalue weighted by Crippen LogP contribution is -2.36. The molecule has 12 heavy (non-hydrogen) atoms. The van der Waals surface area contributed by atoms with Crippen molar-refractivity contribution in [2.24, 2.45) is 5.92 Å². The van der Waals surface area contributed by atoms with E-state index < -0.39 is 0 Å². The quantitative estimate of drug-likeness (QED) is 0.578. The molecular weight excluding hydrogens is 174 g/mol. The van der Waals surface area contributed by atoms with Crippen LogP contribution in [0.3, 0.4) is 0 Å². The van der Waals surface area contributed by atoms with E-state index in [0.717, 1.165) is 19.8 Å². The molecule has 70 valence electrons. The Morgan fingerprint density at radius 3 is 2.92 bits per heavy atom. The first-order valence-corrected chi connectivity index (χ1v) is 5.13. The summed E-state index contributed by atoms with van der Waals surface area (Å²) >= 11 is 6.15. The van der Waals surface area contributed by atoms with E-state index in [9.17, 15) is 0 Å². The van der Waals surface area contributed by atoms with E-state index in [1.165, 1.54) is 0 Å². The van der Waals surface area contributed by atoms with Crippen LogP contribution >= 0.6 is 11.6 Å². The van der Waals surface area contributed by atoms with E-state index >= 15 is 0 Å². The Hall–Kier alpha value is 0.210. The smallest absolute Gasteiger partial charge is 0.0593 e. The first kappa shape index (κ1) is 8.79. The Balaban J connectivity index is 2.02. The van der Waals surface area contributed by atoms with Crippen molar-refractivity contribution in [3.63, 3.8) is 0 Å². The second-order valence-electron chi connectivity index (χ2n) is 4.01. The summed E-state index contributed by atoms with van der Waals surface area (Å²) in [6, 6.07) is 1.19. The predicted octanol–water partition coefficient (Wildman–Crippen LogP) is 1.33. The lowest BCUT2D eigenvalue weighted by Gasteiger charge is -2.25. The summed E-state index contributed by atoms with van der Waals surface area (Å²) in [5.41, 5.74) is 0. The molecule has 2 aliphatic rings. The van der Waals surface area contributed by atoms with Gasteiger partial charge in [-0.05, 0) is 13.8 Å². The van der Waals surface area contributed by atoms with E-state index in [4.69, 9.17) is 16.3 Å². The third-order valence-electron chi connectivity index (χ3n) is 2.88. The molecule has 0 aromatic rings. The van der Waals surface area contributed by atoms with Gasteiger partial charge in [0.2, 0.25) is 0 Å². The van der Waals surface area contributed by atoms with Gasteiger partial charge in [0.05, 0.1) is 18.6 Å². The van der Waals surface area contributed by atoms with Gasteiger partial charge in [0.25, 0.3) is 0 Å². The lowest BCUT2D eigenvalue weighted by molar-refractivity contribution is 0.117. The minimum Gasteiger partial charge on any atom is -0.380 e. The Bertz CT molecular complexity index is 174. The van der Waals surface area contributed by atoms with Crippen LogP contribution in [0.25, 0.3) is 0 Å². The maximum atomic E-state index is 6.15. The van der Waals surface area contributed by atoms with Gasteiger partial charge in [0, 0.05) is 24.5 Å². The molecule has 0 radical (unpaired) electrons. The molecule has 3 heteroatoms. The highest BCUT2D eigenvalue weighted by Crippen LogP contribution is 2.43. The van der Waals surface area contributed by atoms with E-state index in [0.29, 0.717) is 23.4 Å². The Kier molecular flexibility index (Phi) is 2.32. The molecule has 3 atom stereocenters. The standard InChI is InChI=1S/C9H16ClNO/c1-6(2)11-3-4-12-5-7-8(10)9(7)11/h6-9H,3-5H2,1-2H3. The number of nitrogens with zero attached hydrogens (tertiary/aromatic N) is 1. The van der Waals surface area contributed by atoms with Crippen LogP contribution < -0.4 is 0 Å². The summed E-state index contributed by atoms with van der Waals surface area (Å²) in [5, 5.41) is 0.340. The van der Waals surface area contributed by atoms with E-state index in [-0.39, 0.29) is 0 Å². The van der Waals surface area contributed by atoms with Crippen LogP contribution in [-0.2, 0) is 4.74 Å². The van der Waals surface area contributed by atoms with E-state index in [1.54, 1.807) is 0 Å². The number of alkyl halides is 1. The molecule has 0 amide bonds. The first-order chi connectivity index (χ1) is 5.72. The van der Waals surface area contributed by atoms with Crippen molar-refractivity contribution in [2.75, 3.05) is 19.8 Å². The van der Waals surface area contributed by atoms with Crippen LogP contribution in [-0.4, -0.2) is 42.1 Å². The zero-order valence-electron chi connectivity index (χ0n) is 7.66.